The Morgan fingerprint density at radius 2 is 1.46 bits per heavy atom. The van der Waals surface area contributed by atoms with Crippen LogP contribution in [-0.4, -0.2) is 36.3 Å². The fourth-order valence-electron chi connectivity index (χ4n) is 3.35. The van der Waals surface area contributed by atoms with Gasteiger partial charge < -0.3 is 4.90 Å². The van der Waals surface area contributed by atoms with Gasteiger partial charge in [0.2, 0.25) is 5.78 Å². The van der Waals surface area contributed by atoms with Gasteiger partial charge >= 0.3 is 0 Å². The van der Waals surface area contributed by atoms with Crippen LogP contribution in [0, 0.1) is 0 Å². The van der Waals surface area contributed by atoms with Crippen LogP contribution in [0.2, 0.25) is 5.02 Å². The molecular formula is C21H18ClNO3. The lowest BCUT2D eigenvalue weighted by Crippen LogP contribution is -2.33. The first-order valence-corrected chi connectivity index (χ1v) is 8.56. The summed E-state index contributed by atoms with van der Waals surface area (Å²) in [5.41, 5.74) is 1.80. The van der Waals surface area contributed by atoms with Crippen LogP contribution in [0.4, 0.5) is 0 Å². The van der Waals surface area contributed by atoms with E-state index in [0.29, 0.717) is 21.7 Å². The van der Waals surface area contributed by atoms with Crippen molar-refractivity contribution in [2.75, 3.05) is 14.1 Å². The zero-order valence-electron chi connectivity index (χ0n) is 14.7. The molecule has 0 saturated heterocycles. The number of ketones is 3. The number of Topliss-reactive ketones (excluding diaryl/α,β-unsaturated/α-hetero) is 3. The Morgan fingerprint density at radius 1 is 0.923 bits per heavy atom. The van der Waals surface area contributed by atoms with Gasteiger partial charge in [0.05, 0.1) is 11.6 Å². The first-order chi connectivity index (χ1) is 12.3. The number of allylic oxidation sites excluding steroid dienone is 2. The molecule has 2 aromatic rings. The topological polar surface area (TPSA) is 54.5 Å². The molecule has 1 unspecified atom stereocenters. The highest BCUT2D eigenvalue weighted by Gasteiger charge is 2.39. The molecule has 5 heteroatoms. The van der Waals surface area contributed by atoms with E-state index in [2.05, 4.69) is 0 Å². The number of hydrogen-bond acceptors (Lipinski definition) is 4. The summed E-state index contributed by atoms with van der Waals surface area (Å²) < 4.78 is 0. The fraction of sp³-hybridized carbons (Fsp3) is 0.190. The van der Waals surface area contributed by atoms with Gasteiger partial charge in [-0.2, -0.15) is 0 Å². The second kappa shape index (κ2) is 6.89. The van der Waals surface area contributed by atoms with Crippen molar-refractivity contribution in [3.05, 3.63) is 81.5 Å². The van der Waals surface area contributed by atoms with E-state index in [4.69, 9.17) is 11.6 Å². The van der Waals surface area contributed by atoms with Crippen LogP contribution in [0.15, 0.2) is 59.8 Å². The number of halogens is 1. The highest BCUT2D eigenvalue weighted by molar-refractivity contribution is 6.30. The maximum Gasteiger partial charge on any atom is 0.210 e. The van der Waals surface area contributed by atoms with Crippen LogP contribution in [0.5, 0.6) is 0 Å². The van der Waals surface area contributed by atoms with Crippen LogP contribution in [-0.2, 0) is 4.79 Å². The Kier molecular flexibility index (Phi) is 4.79. The largest absolute Gasteiger partial charge is 0.374 e. The molecule has 0 spiro atoms. The van der Waals surface area contributed by atoms with Crippen molar-refractivity contribution in [1.82, 2.24) is 4.90 Å². The van der Waals surface area contributed by atoms with Gasteiger partial charge in [-0.1, -0.05) is 48.0 Å². The molecule has 132 valence electrons. The van der Waals surface area contributed by atoms with Crippen LogP contribution < -0.4 is 0 Å². The first-order valence-electron chi connectivity index (χ1n) is 8.18. The molecule has 0 radical (unpaired) electrons. The third-order valence-corrected chi connectivity index (χ3v) is 4.73. The van der Waals surface area contributed by atoms with Crippen LogP contribution in [0.25, 0.3) is 0 Å². The molecule has 0 amide bonds. The molecule has 4 nitrogen and oxygen atoms in total. The average molecular weight is 368 g/mol. The van der Waals surface area contributed by atoms with Crippen molar-refractivity contribution in [3.8, 4) is 0 Å². The van der Waals surface area contributed by atoms with Gasteiger partial charge in [0.25, 0.3) is 0 Å². The maximum absolute atomic E-state index is 13.2. The fourth-order valence-corrected chi connectivity index (χ4v) is 3.48. The summed E-state index contributed by atoms with van der Waals surface area (Å²) in [6, 6.07) is 13.5. The number of nitrogens with zero attached hydrogens (tertiary/aromatic N) is 1. The van der Waals surface area contributed by atoms with Gasteiger partial charge in [-0.15, -0.1) is 0 Å². The number of carbonyl (C=O) groups excluding carboxylic acids is 3. The summed E-state index contributed by atoms with van der Waals surface area (Å²) in [5.74, 6) is -1.57. The minimum atomic E-state index is -0.825. The predicted molar refractivity (Wildman–Crippen MR) is 101 cm³/mol. The third-order valence-electron chi connectivity index (χ3n) is 4.48. The van der Waals surface area contributed by atoms with Gasteiger partial charge in [-0.3, -0.25) is 14.4 Å². The molecule has 0 saturated carbocycles. The van der Waals surface area contributed by atoms with Gasteiger partial charge in [0.1, 0.15) is 5.78 Å². The third kappa shape index (κ3) is 2.97. The quantitative estimate of drug-likeness (QED) is 0.822. The van der Waals surface area contributed by atoms with E-state index in [9.17, 15) is 14.4 Å². The van der Waals surface area contributed by atoms with E-state index in [-0.39, 0.29) is 28.6 Å². The molecule has 1 atom stereocenters. The Balaban J connectivity index is 2.28. The highest BCUT2D eigenvalue weighted by Crippen LogP contribution is 2.37. The lowest BCUT2D eigenvalue weighted by Gasteiger charge is -2.29. The molecule has 0 aromatic heterocycles. The molecule has 1 aliphatic rings. The zero-order valence-corrected chi connectivity index (χ0v) is 15.5. The number of fused-ring (bicyclic) bond motifs is 1. The van der Waals surface area contributed by atoms with Gasteiger partial charge in [-0.05, 0) is 24.6 Å². The lowest BCUT2D eigenvalue weighted by atomic mass is 9.77. The lowest BCUT2D eigenvalue weighted by molar-refractivity contribution is -0.117. The molecule has 3 rings (SSSR count). The number of hydrogen-bond donors (Lipinski definition) is 0. The van der Waals surface area contributed by atoms with Gasteiger partial charge in [-0.25, -0.2) is 0 Å². The summed E-state index contributed by atoms with van der Waals surface area (Å²) in [4.78, 5) is 40.4. The summed E-state index contributed by atoms with van der Waals surface area (Å²) in [7, 11) is 3.40. The minimum absolute atomic E-state index is 0.206. The molecule has 2 aromatic carbocycles. The Morgan fingerprint density at radius 3 is 1.96 bits per heavy atom. The van der Waals surface area contributed by atoms with Crippen molar-refractivity contribution in [2.24, 2.45) is 0 Å². The van der Waals surface area contributed by atoms with Crippen molar-refractivity contribution in [1.29, 1.82) is 0 Å². The molecule has 1 aliphatic carbocycles. The summed E-state index contributed by atoms with van der Waals surface area (Å²) in [6.45, 7) is 1.43. The van der Waals surface area contributed by atoms with Crippen molar-refractivity contribution in [2.45, 2.75) is 12.8 Å². The predicted octanol–water partition coefficient (Wildman–Crippen LogP) is 3.91. The SMILES string of the molecule is CC(=O)C(C1=C(N(C)C)C(=O)c2ccccc2C1=O)c1ccc(Cl)cc1. The van der Waals surface area contributed by atoms with Crippen molar-refractivity contribution >= 4 is 29.0 Å². The summed E-state index contributed by atoms with van der Waals surface area (Å²) >= 11 is 5.95. The van der Waals surface area contributed by atoms with Gasteiger partial charge in [0, 0.05) is 35.8 Å². The number of carbonyl (C=O) groups is 3. The number of rotatable bonds is 4. The average Bonchev–Trinajstić information content (AvgIpc) is 2.60. The molecule has 0 heterocycles. The van der Waals surface area contributed by atoms with Crippen LogP contribution in [0.3, 0.4) is 0 Å². The van der Waals surface area contributed by atoms with E-state index in [1.165, 1.54) is 6.92 Å². The monoisotopic (exact) mass is 367 g/mol. The second-order valence-electron chi connectivity index (χ2n) is 6.46. The van der Waals surface area contributed by atoms with E-state index >= 15 is 0 Å². The highest BCUT2D eigenvalue weighted by atomic mass is 35.5. The first kappa shape index (κ1) is 18.1. The van der Waals surface area contributed by atoms with E-state index in [1.54, 1.807) is 67.5 Å². The molecule has 26 heavy (non-hydrogen) atoms. The molecular weight excluding hydrogens is 350 g/mol. The molecule has 0 bridgehead atoms. The summed E-state index contributed by atoms with van der Waals surface area (Å²) in [6.07, 6.45) is 0. The van der Waals surface area contributed by atoms with Crippen molar-refractivity contribution < 1.29 is 14.4 Å². The van der Waals surface area contributed by atoms with E-state index in [0.717, 1.165) is 0 Å². The number of benzene rings is 2. The van der Waals surface area contributed by atoms with Crippen LogP contribution in [0.1, 0.15) is 39.1 Å². The molecule has 0 aliphatic heterocycles. The smallest absolute Gasteiger partial charge is 0.210 e. The molecule has 0 fully saturated rings. The Labute approximate surface area is 157 Å². The minimum Gasteiger partial charge on any atom is -0.374 e. The number of likely N-dealkylation sites (N-methyl/N-ethyl adjacent to an activating group) is 1. The van der Waals surface area contributed by atoms with E-state index < -0.39 is 5.92 Å². The summed E-state index contributed by atoms with van der Waals surface area (Å²) in [5, 5.41) is 0.536. The Hall–Kier alpha value is -2.72. The van der Waals surface area contributed by atoms with Crippen molar-refractivity contribution in [3.63, 3.8) is 0 Å². The van der Waals surface area contributed by atoms with Crippen LogP contribution >= 0.6 is 11.6 Å². The second-order valence-corrected chi connectivity index (χ2v) is 6.89. The zero-order chi connectivity index (χ0) is 19.0. The standard InChI is InChI=1S/C21H18ClNO3/c1-12(24)17(13-8-10-14(22)11-9-13)18-19(23(2)3)21(26)16-7-5-4-6-15(16)20(18)25/h4-11,17H,1-3H3. The van der Waals surface area contributed by atoms with E-state index in [1.807, 2.05) is 0 Å². The maximum atomic E-state index is 13.2. The molecule has 0 N–H and O–H groups in total. The Bertz CT molecular complexity index is 942. The normalized spacial score (nSPS) is 14.9. The van der Waals surface area contributed by atoms with Gasteiger partial charge in [0.15, 0.2) is 5.78 Å².